The molecule has 0 N–H and O–H groups in total. The van der Waals surface area contributed by atoms with Gasteiger partial charge in [-0.2, -0.15) is 4.98 Å². The predicted molar refractivity (Wildman–Crippen MR) is 59.5 cm³/mol. The highest BCUT2D eigenvalue weighted by Gasteiger charge is 2.13. The van der Waals surface area contributed by atoms with E-state index in [0.717, 1.165) is 4.47 Å². The van der Waals surface area contributed by atoms with Crippen LogP contribution < -0.4 is 0 Å². The summed E-state index contributed by atoms with van der Waals surface area (Å²) in [7, 11) is 0. The second-order valence-corrected chi connectivity index (χ2v) is 4.51. The number of hydrogen-bond acceptors (Lipinski definition) is 4. The van der Waals surface area contributed by atoms with E-state index < -0.39 is 0 Å². The van der Waals surface area contributed by atoms with E-state index in [2.05, 4.69) is 31.1 Å². The zero-order valence-electron chi connectivity index (χ0n) is 7.82. The lowest BCUT2D eigenvalue weighted by Crippen LogP contribution is -1.87. The molecule has 2 aromatic rings. The van der Waals surface area contributed by atoms with Gasteiger partial charge >= 0.3 is 0 Å². The van der Waals surface area contributed by atoms with Gasteiger partial charge in [-0.3, -0.25) is 0 Å². The lowest BCUT2D eigenvalue weighted by molar-refractivity contribution is 0.421. The van der Waals surface area contributed by atoms with Crippen molar-refractivity contribution in [1.82, 2.24) is 15.1 Å². The van der Waals surface area contributed by atoms with E-state index in [1.165, 1.54) is 0 Å². The number of aromatic nitrogens is 3. The third-order valence-corrected chi connectivity index (χ3v) is 2.41. The van der Waals surface area contributed by atoms with Gasteiger partial charge < -0.3 is 4.52 Å². The molecule has 2 heterocycles. The SMILES string of the molecule is CC(Cl)c1noc(-c2ccc(Br)cn2)n1. The van der Waals surface area contributed by atoms with E-state index in [9.17, 15) is 0 Å². The summed E-state index contributed by atoms with van der Waals surface area (Å²) in [6.07, 6.45) is 1.67. The van der Waals surface area contributed by atoms with Crippen molar-refractivity contribution in [3.63, 3.8) is 0 Å². The molecule has 0 spiro atoms. The molecule has 78 valence electrons. The summed E-state index contributed by atoms with van der Waals surface area (Å²) in [5, 5.41) is 3.48. The number of hydrogen-bond donors (Lipinski definition) is 0. The Balaban J connectivity index is 2.33. The largest absolute Gasteiger partial charge is 0.332 e. The Hall–Kier alpha value is -0.940. The van der Waals surface area contributed by atoms with Crippen LogP contribution in [0.15, 0.2) is 27.3 Å². The van der Waals surface area contributed by atoms with Gasteiger partial charge in [0.2, 0.25) is 0 Å². The van der Waals surface area contributed by atoms with Crippen LogP contribution >= 0.6 is 27.5 Å². The Morgan fingerprint density at radius 3 is 2.80 bits per heavy atom. The summed E-state index contributed by atoms with van der Waals surface area (Å²) in [5.41, 5.74) is 0.634. The maximum Gasteiger partial charge on any atom is 0.276 e. The van der Waals surface area contributed by atoms with Crippen molar-refractivity contribution < 1.29 is 4.52 Å². The minimum absolute atomic E-state index is 0.266. The van der Waals surface area contributed by atoms with E-state index in [4.69, 9.17) is 16.1 Å². The molecule has 1 unspecified atom stereocenters. The van der Waals surface area contributed by atoms with Gasteiger partial charge in [-0.25, -0.2) is 4.98 Å². The fraction of sp³-hybridized carbons (Fsp3) is 0.222. The Morgan fingerprint density at radius 2 is 2.27 bits per heavy atom. The summed E-state index contributed by atoms with van der Waals surface area (Å²) in [6.45, 7) is 1.78. The van der Waals surface area contributed by atoms with Crippen molar-refractivity contribution in [3.8, 4) is 11.6 Å². The van der Waals surface area contributed by atoms with Crippen LogP contribution in [0.4, 0.5) is 0 Å². The Morgan fingerprint density at radius 1 is 1.47 bits per heavy atom. The first-order chi connectivity index (χ1) is 7.16. The molecule has 0 aliphatic heterocycles. The van der Waals surface area contributed by atoms with Crippen molar-refractivity contribution in [3.05, 3.63) is 28.6 Å². The van der Waals surface area contributed by atoms with E-state index in [1.807, 2.05) is 6.07 Å². The number of rotatable bonds is 2. The molecule has 0 aliphatic carbocycles. The molecule has 0 bridgehead atoms. The van der Waals surface area contributed by atoms with E-state index in [1.54, 1.807) is 19.2 Å². The molecule has 0 aromatic carbocycles. The topological polar surface area (TPSA) is 51.8 Å². The Kier molecular flexibility index (Phi) is 3.02. The van der Waals surface area contributed by atoms with E-state index in [-0.39, 0.29) is 5.38 Å². The fourth-order valence-corrected chi connectivity index (χ4v) is 1.33. The molecule has 1 atom stereocenters. The van der Waals surface area contributed by atoms with Crippen molar-refractivity contribution in [2.45, 2.75) is 12.3 Å². The summed E-state index contributed by atoms with van der Waals surface area (Å²) in [4.78, 5) is 8.26. The second-order valence-electron chi connectivity index (χ2n) is 2.94. The van der Waals surface area contributed by atoms with Gasteiger partial charge in [0.25, 0.3) is 5.89 Å². The quantitative estimate of drug-likeness (QED) is 0.796. The Labute approximate surface area is 99.8 Å². The van der Waals surface area contributed by atoms with Crippen molar-refractivity contribution in [1.29, 1.82) is 0 Å². The van der Waals surface area contributed by atoms with Crippen LogP contribution in [0, 0.1) is 0 Å². The van der Waals surface area contributed by atoms with Gasteiger partial charge in [0, 0.05) is 10.7 Å². The number of pyridine rings is 1. The smallest absolute Gasteiger partial charge is 0.276 e. The monoisotopic (exact) mass is 287 g/mol. The van der Waals surface area contributed by atoms with Gasteiger partial charge in [-0.15, -0.1) is 11.6 Å². The minimum atomic E-state index is -0.266. The Bertz CT molecular complexity index is 455. The third-order valence-electron chi connectivity index (χ3n) is 1.74. The third kappa shape index (κ3) is 2.35. The zero-order valence-corrected chi connectivity index (χ0v) is 10.2. The fourth-order valence-electron chi connectivity index (χ4n) is 1.00. The highest BCUT2D eigenvalue weighted by atomic mass is 79.9. The highest BCUT2D eigenvalue weighted by molar-refractivity contribution is 9.10. The standard InChI is InChI=1S/C9H7BrClN3O/c1-5(11)8-13-9(15-14-8)7-3-2-6(10)4-12-7/h2-5H,1H3. The minimum Gasteiger partial charge on any atom is -0.332 e. The molecule has 0 saturated heterocycles. The van der Waals surface area contributed by atoms with E-state index in [0.29, 0.717) is 17.4 Å². The normalized spacial score (nSPS) is 12.7. The number of halogens is 2. The zero-order chi connectivity index (χ0) is 10.8. The van der Waals surface area contributed by atoms with Crippen LogP contribution in [0.2, 0.25) is 0 Å². The molecule has 0 saturated carbocycles. The maximum atomic E-state index is 5.82. The van der Waals surface area contributed by atoms with Crippen LogP contribution in [-0.2, 0) is 0 Å². The van der Waals surface area contributed by atoms with Crippen LogP contribution in [0.1, 0.15) is 18.1 Å². The van der Waals surface area contributed by atoms with Crippen molar-refractivity contribution in [2.75, 3.05) is 0 Å². The molecule has 2 aromatic heterocycles. The highest BCUT2D eigenvalue weighted by Crippen LogP contribution is 2.21. The molecular weight excluding hydrogens is 281 g/mol. The lowest BCUT2D eigenvalue weighted by Gasteiger charge is -1.93. The van der Waals surface area contributed by atoms with Crippen LogP contribution in [0.3, 0.4) is 0 Å². The summed E-state index contributed by atoms with van der Waals surface area (Å²) in [6, 6.07) is 3.65. The average molecular weight is 289 g/mol. The predicted octanol–water partition coefficient (Wildman–Crippen LogP) is 3.19. The molecular formula is C9H7BrClN3O. The van der Waals surface area contributed by atoms with Gasteiger partial charge in [0.15, 0.2) is 5.82 Å². The lowest BCUT2D eigenvalue weighted by atomic mass is 10.3. The van der Waals surface area contributed by atoms with Crippen molar-refractivity contribution in [2.24, 2.45) is 0 Å². The van der Waals surface area contributed by atoms with Gasteiger partial charge in [0.05, 0.1) is 5.38 Å². The first-order valence-electron chi connectivity index (χ1n) is 4.26. The molecule has 0 fully saturated rings. The molecule has 15 heavy (non-hydrogen) atoms. The average Bonchev–Trinajstić information content (AvgIpc) is 2.68. The molecule has 2 rings (SSSR count). The first-order valence-corrected chi connectivity index (χ1v) is 5.49. The number of alkyl halides is 1. The molecule has 6 heteroatoms. The molecule has 0 aliphatic rings. The number of nitrogens with zero attached hydrogens (tertiary/aromatic N) is 3. The van der Waals surface area contributed by atoms with E-state index >= 15 is 0 Å². The molecule has 4 nitrogen and oxygen atoms in total. The van der Waals surface area contributed by atoms with Crippen LogP contribution in [0.25, 0.3) is 11.6 Å². The molecule has 0 radical (unpaired) electrons. The van der Waals surface area contributed by atoms with Crippen LogP contribution in [-0.4, -0.2) is 15.1 Å². The first kappa shape index (κ1) is 10.6. The summed E-state index contributed by atoms with van der Waals surface area (Å²) in [5.74, 6) is 0.849. The molecule has 0 amide bonds. The second kappa shape index (κ2) is 4.28. The van der Waals surface area contributed by atoms with Crippen LogP contribution in [0.5, 0.6) is 0 Å². The van der Waals surface area contributed by atoms with Crippen molar-refractivity contribution >= 4 is 27.5 Å². The van der Waals surface area contributed by atoms with Gasteiger partial charge in [0.1, 0.15) is 5.69 Å². The van der Waals surface area contributed by atoms with Gasteiger partial charge in [-0.1, -0.05) is 5.16 Å². The maximum absolute atomic E-state index is 5.82. The summed E-state index contributed by atoms with van der Waals surface area (Å²) < 4.78 is 5.93. The summed E-state index contributed by atoms with van der Waals surface area (Å²) >= 11 is 9.11. The van der Waals surface area contributed by atoms with Gasteiger partial charge in [-0.05, 0) is 35.0 Å².